The Balaban J connectivity index is 1.52. The third-order valence-corrected chi connectivity index (χ3v) is 6.19. The van der Waals surface area contributed by atoms with E-state index >= 15 is 0 Å². The third-order valence-electron chi connectivity index (χ3n) is 6.19. The number of nitrogens with zero attached hydrogens (tertiary/aromatic N) is 5. The van der Waals surface area contributed by atoms with Crippen molar-refractivity contribution in [1.29, 1.82) is 5.26 Å². The van der Waals surface area contributed by atoms with Crippen molar-refractivity contribution in [3.05, 3.63) is 77.6 Å². The van der Waals surface area contributed by atoms with E-state index in [2.05, 4.69) is 21.0 Å². The number of rotatable bonds is 5. The molecule has 0 saturated carbocycles. The monoisotopic (exact) mass is 465 g/mol. The maximum atomic E-state index is 14.8. The lowest BCUT2D eigenvalue weighted by atomic mass is 9.74. The summed E-state index contributed by atoms with van der Waals surface area (Å²) in [6.07, 6.45) is 5.11. The molecular weight excluding hydrogens is 443 g/mol. The molecule has 34 heavy (non-hydrogen) atoms. The van der Waals surface area contributed by atoms with E-state index in [1.54, 1.807) is 35.5 Å². The smallest absolute Gasteiger partial charge is 0.273 e. The first-order chi connectivity index (χ1) is 16.2. The maximum absolute atomic E-state index is 14.8. The van der Waals surface area contributed by atoms with Gasteiger partial charge in [-0.3, -0.25) is 9.78 Å². The molecule has 1 aliphatic heterocycles. The SMILES string of the molecule is CC(F)(F)c1cccc(CC2(C#N)CCN(C(=O)c3cccnc3-c3ccncn3)CC2)c1F. The van der Waals surface area contributed by atoms with Crippen molar-refractivity contribution in [2.24, 2.45) is 5.41 Å². The molecule has 1 amide bonds. The molecule has 6 nitrogen and oxygen atoms in total. The van der Waals surface area contributed by atoms with Crippen molar-refractivity contribution in [3.8, 4) is 17.5 Å². The van der Waals surface area contributed by atoms with Crippen LogP contribution in [-0.2, 0) is 12.3 Å². The van der Waals surface area contributed by atoms with Gasteiger partial charge in [-0.2, -0.15) is 5.26 Å². The summed E-state index contributed by atoms with van der Waals surface area (Å²) in [7, 11) is 0. The summed E-state index contributed by atoms with van der Waals surface area (Å²) in [5.41, 5.74) is -0.214. The van der Waals surface area contributed by atoms with Gasteiger partial charge in [0.25, 0.3) is 11.8 Å². The lowest BCUT2D eigenvalue weighted by Crippen LogP contribution is -2.43. The second-order valence-corrected chi connectivity index (χ2v) is 8.52. The summed E-state index contributed by atoms with van der Waals surface area (Å²) < 4.78 is 42.3. The van der Waals surface area contributed by atoms with Crippen LogP contribution in [0.2, 0.25) is 0 Å². The number of alkyl halides is 2. The van der Waals surface area contributed by atoms with Crippen LogP contribution >= 0.6 is 0 Å². The minimum absolute atomic E-state index is 0.000359. The van der Waals surface area contributed by atoms with E-state index in [9.17, 15) is 23.2 Å². The van der Waals surface area contributed by atoms with Crippen LogP contribution in [0.25, 0.3) is 11.4 Å². The van der Waals surface area contributed by atoms with E-state index in [-0.39, 0.29) is 31.0 Å². The molecule has 2 aromatic heterocycles. The Morgan fingerprint density at radius 3 is 2.56 bits per heavy atom. The highest BCUT2D eigenvalue weighted by Crippen LogP contribution is 2.38. The van der Waals surface area contributed by atoms with Gasteiger partial charge in [0.15, 0.2) is 0 Å². The lowest BCUT2D eigenvalue weighted by molar-refractivity contribution is 0.0134. The van der Waals surface area contributed by atoms with E-state index in [4.69, 9.17) is 0 Å². The Bertz CT molecular complexity index is 1230. The minimum atomic E-state index is -3.32. The Morgan fingerprint density at radius 1 is 1.15 bits per heavy atom. The lowest BCUT2D eigenvalue weighted by Gasteiger charge is -2.37. The van der Waals surface area contributed by atoms with Crippen molar-refractivity contribution in [2.75, 3.05) is 13.1 Å². The topological polar surface area (TPSA) is 82.8 Å². The molecule has 0 atom stereocenters. The van der Waals surface area contributed by atoms with E-state index in [1.807, 2.05) is 0 Å². The van der Waals surface area contributed by atoms with E-state index in [0.717, 1.165) is 6.07 Å². The van der Waals surface area contributed by atoms with Crippen LogP contribution in [0, 0.1) is 22.6 Å². The summed E-state index contributed by atoms with van der Waals surface area (Å²) in [6.45, 7) is 1.19. The number of pyridine rings is 1. The van der Waals surface area contributed by atoms with Crippen LogP contribution in [0.15, 0.2) is 55.1 Å². The van der Waals surface area contributed by atoms with Crippen molar-refractivity contribution in [3.63, 3.8) is 0 Å². The summed E-state index contributed by atoms with van der Waals surface area (Å²) >= 11 is 0. The maximum Gasteiger partial charge on any atom is 0.273 e. The molecule has 9 heteroatoms. The first-order valence-electron chi connectivity index (χ1n) is 10.8. The van der Waals surface area contributed by atoms with Gasteiger partial charge < -0.3 is 4.90 Å². The quantitative estimate of drug-likeness (QED) is 0.542. The summed E-state index contributed by atoms with van der Waals surface area (Å²) in [4.78, 5) is 27.3. The van der Waals surface area contributed by atoms with Crippen LogP contribution in [0.4, 0.5) is 13.2 Å². The normalized spacial score (nSPS) is 15.6. The molecule has 0 radical (unpaired) electrons. The number of likely N-dealkylation sites (tertiary alicyclic amines) is 1. The number of hydrogen-bond acceptors (Lipinski definition) is 5. The van der Waals surface area contributed by atoms with Gasteiger partial charge in [-0.05, 0) is 43.0 Å². The third kappa shape index (κ3) is 4.62. The summed E-state index contributed by atoms with van der Waals surface area (Å²) in [5.74, 6) is -4.54. The highest BCUT2D eigenvalue weighted by atomic mass is 19.3. The van der Waals surface area contributed by atoms with Gasteiger partial charge in [0.1, 0.15) is 17.8 Å². The molecule has 1 saturated heterocycles. The zero-order chi connectivity index (χ0) is 24.3. The van der Waals surface area contributed by atoms with Gasteiger partial charge in [0, 0.05) is 32.4 Å². The molecule has 0 aliphatic carbocycles. The number of piperidine rings is 1. The van der Waals surface area contributed by atoms with Gasteiger partial charge in [-0.25, -0.2) is 23.1 Å². The Labute approximate surface area is 195 Å². The molecule has 0 spiro atoms. The van der Waals surface area contributed by atoms with E-state index in [1.165, 1.54) is 18.5 Å². The van der Waals surface area contributed by atoms with Crippen LogP contribution in [0.5, 0.6) is 0 Å². The number of carbonyl (C=O) groups is 1. The summed E-state index contributed by atoms with van der Waals surface area (Å²) in [6, 6.07) is 11.1. The average Bonchev–Trinajstić information content (AvgIpc) is 2.85. The zero-order valence-electron chi connectivity index (χ0n) is 18.5. The van der Waals surface area contributed by atoms with Crippen molar-refractivity contribution >= 4 is 5.91 Å². The molecule has 3 aromatic rings. The first-order valence-corrected chi connectivity index (χ1v) is 10.8. The summed E-state index contributed by atoms with van der Waals surface area (Å²) in [5, 5.41) is 9.91. The predicted octanol–water partition coefficient (Wildman–Crippen LogP) is 4.78. The highest BCUT2D eigenvalue weighted by molar-refractivity contribution is 5.99. The molecule has 1 aromatic carbocycles. The van der Waals surface area contributed by atoms with Crippen LogP contribution in [0.1, 0.15) is 41.3 Å². The molecule has 174 valence electrons. The molecule has 1 aliphatic rings. The number of amides is 1. The van der Waals surface area contributed by atoms with Crippen LogP contribution < -0.4 is 0 Å². The first kappa shape index (κ1) is 23.4. The van der Waals surface area contributed by atoms with Gasteiger partial charge >= 0.3 is 0 Å². The van der Waals surface area contributed by atoms with Crippen LogP contribution in [-0.4, -0.2) is 38.8 Å². The zero-order valence-corrected chi connectivity index (χ0v) is 18.5. The van der Waals surface area contributed by atoms with E-state index in [0.29, 0.717) is 36.7 Å². The highest BCUT2D eigenvalue weighted by Gasteiger charge is 2.39. The molecule has 0 N–H and O–H groups in total. The van der Waals surface area contributed by atoms with Gasteiger partial charge in [-0.15, -0.1) is 0 Å². The number of nitriles is 1. The van der Waals surface area contributed by atoms with Gasteiger partial charge in [-0.1, -0.05) is 18.2 Å². The molecule has 1 fully saturated rings. The fourth-order valence-electron chi connectivity index (χ4n) is 4.27. The second kappa shape index (κ2) is 9.21. The molecule has 0 unspecified atom stereocenters. The minimum Gasteiger partial charge on any atom is -0.338 e. The largest absolute Gasteiger partial charge is 0.338 e. The Kier molecular flexibility index (Phi) is 6.33. The standard InChI is InChI=1S/C25H22F3N5O/c1-24(27,28)19-6-2-4-17(21(19)26)14-25(15-29)8-12-33(13-9-25)23(34)18-5-3-10-31-22(18)20-7-11-30-16-32-20/h2-7,10-11,16H,8-9,12-14H2,1H3. The molecular formula is C25H22F3N5O. The number of halogens is 3. The predicted molar refractivity (Wildman–Crippen MR) is 118 cm³/mol. The molecule has 0 bridgehead atoms. The second-order valence-electron chi connectivity index (χ2n) is 8.52. The molecule has 4 rings (SSSR count). The van der Waals surface area contributed by atoms with Crippen molar-refractivity contribution in [1.82, 2.24) is 19.9 Å². The fraction of sp³-hybridized carbons (Fsp3) is 0.320. The number of carbonyl (C=O) groups excluding carboxylic acids is 1. The fourth-order valence-corrected chi connectivity index (χ4v) is 4.27. The average molecular weight is 465 g/mol. The number of aromatic nitrogens is 3. The molecule has 3 heterocycles. The van der Waals surface area contributed by atoms with Crippen molar-refractivity contribution in [2.45, 2.75) is 32.1 Å². The van der Waals surface area contributed by atoms with E-state index < -0.39 is 22.7 Å². The van der Waals surface area contributed by atoms with Gasteiger partial charge in [0.05, 0.1) is 28.3 Å². The van der Waals surface area contributed by atoms with Gasteiger partial charge in [0.2, 0.25) is 0 Å². The number of benzene rings is 1. The van der Waals surface area contributed by atoms with Crippen LogP contribution in [0.3, 0.4) is 0 Å². The Morgan fingerprint density at radius 2 is 1.91 bits per heavy atom. The number of hydrogen-bond donors (Lipinski definition) is 0. The van der Waals surface area contributed by atoms with Crippen molar-refractivity contribution < 1.29 is 18.0 Å². The Hall–Kier alpha value is -3.80.